The Bertz CT molecular complexity index is 4910. The van der Waals surface area contributed by atoms with E-state index in [-0.39, 0.29) is 79.4 Å². The zero-order chi connectivity index (χ0) is 87.7. The summed E-state index contributed by atoms with van der Waals surface area (Å²) in [5, 5.41) is 31.1. The van der Waals surface area contributed by atoms with Gasteiger partial charge in [-0.2, -0.15) is 0 Å². The van der Waals surface area contributed by atoms with Crippen LogP contribution in [0.2, 0.25) is 0 Å². The van der Waals surface area contributed by atoms with Gasteiger partial charge in [-0.1, -0.05) is 48.5 Å². The molecule has 656 valence electrons. The number of carbonyl (C=O) groups is 4. The Morgan fingerprint density at radius 2 is 0.532 bits per heavy atom. The lowest BCUT2D eigenvalue weighted by atomic mass is 9.79. The predicted molar refractivity (Wildman–Crippen MR) is 451 cm³/mol. The van der Waals surface area contributed by atoms with Gasteiger partial charge in [0.05, 0.1) is 121 Å². The van der Waals surface area contributed by atoms with Crippen LogP contribution >= 0.6 is 0 Å². The molecule has 14 atom stereocenters. The van der Waals surface area contributed by atoms with Gasteiger partial charge in [-0.15, -0.1) is 0 Å². The standard InChI is InChI=1S/C25H28O6.3C24H26O7/c1-6-25(2,3)21-10-15-16(30-21)8-7-13-23(26)22-14-9-18(27-4)19(28-5)11-17(14)29-12-20(22)31-24(13)15;1-24(2,11-25)20-8-14-15(30-20)6-5-12-22(26)21-13-7-17(27-3)18(28-4)9-16(13)29-10-19(21)31-23(12)14;2*1-5-24(2,26)20-9-14-15(30-20)7-6-12-22(25)21-13-8-17(27-3)18(28-4)10-16(13)29-11-19(21)31-23(12)14/h7-9,11,20-22H,6,10,12H2,1-5H3;5-7,9,19-21,25H,8,10-11H2,1-4H3;2*6-8,10,19-21,26H,5,9,11H2,1-4H3/t20-,21-,22+;19-,20-,21+;19-,20-,21+,24+;19-,20-,21+,24-/m1111/s1. The molecule has 27 nitrogen and oxygen atoms in total. The Hall–Kier alpha value is -11.7. The molecule has 0 fully saturated rings. The van der Waals surface area contributed by atoms with Gasteiger partial charge < -0.3 is 110 Å². The van der Waals surface area contributed by atoms with Crippen LogP contribution in [0.1, 0.15) is 191 Å². The summed E-state index contributed by atoms with van der Waals surface area (Å²) in [7, 11) is 12.5. The number of aliphatic hydroxyl groups excluding tert-OH is 1. The Morgan fingerprint density at radius 1 is 0.306 bits per heavy atom. The lowest BCUT2D eigenvalue weighted by Gasteiger charge is -2.37. The number of benzene rings is 8. The number of carbonyl (C=O) groups excluding carboxylic acids is 4. The number of rotatable bonds is 16. The van der Waals surface area contributed by atoms with Crippen molar-refractivity contribution in [3.05, 3.63) is 164 Å². The first kappa shape index (κ1) is 84.5. The molecule has 0 spiro atoms. The normalized spacial score (nSPS) is 24.2. The largest absolute Gasteiger partial charge is 0.493 e. The van der Waals surface area contributed by atoms with Crippen molar-refractivity contribution in [2.45, 2.75) is 191 Å². The van der Waals surface area contributed by atoms with Gasteiger partial charge in [-0.3, -0.25) is 19.2 Å². The van der Waals surface area contributed by atoms with Crippen molar-refractivity contribution in [3.8, 4) is 115 Å². The molecule has 12 aliphatic rings. The fourth-order valence-electron chi connectivity index (χ4n) is 18.6. The van der Waals surface area contributed by atoms with Gasteiger partial charge in [0.2, 0.25) is 0 Å². The molecule has 27 heteroatoms. The van der Waals surface area contributed by atoms with Gasteiger partial charge in [0.25, 0.3) is 0 Å². The van der Waals surface area contributed by atoms with Crippen LogP contribution in [0.3, 0.4) is 0 Å². The van der Waals surface area contributed by atoms with Crippen molar-refractivity contribution >= 4 is 23.1 Å². The van der Waals surface area contributed by atoms with Gasteiger partial charge >= 0.3 is 0 Å². The van der Waals surface area contributed by atoms with E-state index < -0.39 is 64.7 Å². The zero-order valence-corrected chi connectivity index (χ0v) is 72.8. The third-order valence-corrected chi connectivity index (χ3v) is 27.2. The van der Waals surface area contributed by atoms with Crippen LogP contribution in [0.4, 0.5) is 0 Å². The molecule has 20 rings (SSSR count). The summed E-state index contributed by atoms with van der Waals surface area (Å²) >= 11 is 0. The van der Waals surface area contributed by atoms with E-state index in [0.29, 0.717) is 170 Å². The fourth-order valence-corrected chi connectivity index (χ4v) is 18.6. The molecule has 0 aliphatic carbocycles. The molecular formula is C97H106O27. The highest BCUT2D eigenvalue weighted by Gasteiger charge is 2.53. The summed E-state index contributed by atoms with van der Waals surface area (Å²) in [6.07, 6.45) is 1.82. The summed E-state index contributed by atoms with van der Waals surface area (Å²) < 4.78 is 117. The van der Waals surface area contributed by atoms with Crippen LogP contribution in [0.15, 0.2) is 97.1 Å². The first-order valence-electron chi connectivity index (χ1n) is 42.2. The van der Waals surface area contributed by atoms with Gasteiger partial charge in [0.1, 0.15) is 144 Å². The van der Waals surface area contributed by atoms with Crippen LogP contribution in [0.25, 0.3) is 0 Å². The number of fused-ring (bicyclic) bond motifs is 24. The summed E-state index contributed by atoms with van der Waals surface area (Å²) in [5.74, 6) is 10.1. The quantitative estimate of drug-likeness (QED) is 0.0809. The van der Waals surface area contributed by atoms with Crippen molar-refractivity contribution in [2.24, 2.45) is 10.8 Å². The minimum absolute atomic E-state index is 0.00399. The third-order valence-electron chi connectivity index (χ3n) is 27.2. The van der Waals surface area contributed by atoms with Crippen molar-refractivity contribution < 1.29 is 129 Å². The van der Waals surface area contributed by atoms with E-state index in [1.54, 1.807) is 144 Å². The SMILES string of the molecule is CCC(C)(C)[C@H]1Cc2c(ccc3c2O[C@@H]2COc4cc(OC)c(OC)cc4[C@@H]2C3=O)O1.CC[C@@](C)(O)[C@H]1Cc2c(ccc3c2O[C@@H]2COc4cc(OC)c(OC)cc4[C@@H]2C3=O)O1.CC[C@](C)(O)[C@H]1Cc2c(ccc3c2O[C@@H]2COc4cc(OC)c(OC)cc4[C@@H]2C3=O)O1.COc1cc2c(cc1OC)[C@@H]1C(=O)c3ccc4c(c3O[C@@H]1CO2)C[C@H](C(C)(C)CO)O4. The number of Topliss-reactive ketones (excluding diaryl/α,β-unsaturated/α-hetero) is 4. The molecule has 8 aromatic rings. The number of methoxy groups -OCH3 is 8. The maximum absolute atomic E-state index is 13.7. The Kier molecular flexibility index (Phi) is 22.1. The average molecular weight is 1700 g/mol. The molecule has 124 heavy (non-hydrogen) atoms. The van der Waals surface area contributed by atoms with Crippen LogP contribution < -0.4 is 94.7 Å². The smallest absolute Gasteiger partial charge is 0.178 e. The Labute approximate surface area is 719 Å². The lowest BCUT2D eigenvalue weighted by molar-refractivity contribution is -0.0407. The van der Waals surface area contributed by atoms with Crippen molar-refractivity contribution in [3.63, 3.8) is 0 Å². The van der Waals surface area contributed by atoms with Gasteiger partial charge in [-0.05, 0) is 106 Å². The molecule has 0 saturated heterocycles. The number of aliphatic hydroxyl groups is 3. The highest BCUT2D eigenvalue weighted by Crippen LogP contribution is 2.57. The minimum atomic E-state index is -0.963. The topological polar surface area (TPSA) is 314 Å². The first-order valence-corrected chi connectivity index (χ1v) is 42.2. The van der Waals surface area contributed by atoms with Crippen LogP contribution in [-0.2, 0) is 25.7 Å². The second-order valence-electron chi connectivity index (χ2n) is 35.0. The third kappa shape index (κ3) is 14.2. The molecule has 0 unspecified atom stereocenters. The van der Waals surface area contributed by atoms with E-state index in [4.69, 9.17) is 94.7 Å². The Balaban J connectivity index is 0.000000117. The molecule has 8 aromatic carbocycles. The molecule has 0 saturated carbocycles. The molecular weight excluding hydrogens is 1600 g/mol. The highest BCUT2D eigenvalue weighted by molar-refractivity contribution is 6.09. The average Bonchev–Trinajstić information content (AvgIpc) is 1.38. The number of hydrogen-bond acceptors (Lipinski definition) is 27. The molecule has 3 N–H and O–H groups in total. The molecule has 0 radical (unpaired) electrons. The monoisotopic (exact) mass is 1700 g/mol. The van der Waals surface area contributed by atoms with E-state index in [0.717, 1.165) is 63.1 Å². The van der Waals surface area contributed by atoms with Crippen molar-refractivity contribution in [1.29, 1.82) is 0 Å². The molecule has 0 bridgehead atoms. The summed E-state index contributed by atoms with van der Waals surface area (Å²) in [6.45, 7) is 19.0. The molecule has 12 heterocycles. The van der Waals surface area contributed by atoms with E-state index in [2.05, 4.69) is 20.8 Å². The van der Waals surface area contributed by atoms with Gasteiger partial charge in [0, 0.05) is 105 Å². The van der Waals surface area contributed by atoms with Crippen LogP contribution in [0.5, 0.6) is 115 Å². The summed E-state index contributed by atoms with van der Waals surface area (Å²) in [4.78, 5) is 54.5. The maximum atomic E-state index is 13.7. The van der Waals surface area contributed by atoms with E-state index in [1.807, 2.05) is 52.0 Å². The minimum Gasteiger partial charge on any atom is -0.493 e. The fraction of sp³-hybridized carbons (Fsp3) is 0.464. The van der Waals surface area contributed by atoms with Crippen LogP contribution in [0, 0.1) is 10.8 Å². The molecule has 0 aromatic heterocycles. The highest BCUT2D eigenvalue weighted by atomic mass is 16.6. The summed E-state index contributed by atoms with van der Waals surface area (Å²) in [5.41, 5.74) is 6.44. The second-order valence-corrected chi connectivity index (χ2v) is 35.0. The van der Waals surface area contributed by atoms with Gasteiger partial charge in [0.15, 0.2) is 69.1 Å². The van der Waals surface area contributed by atoms with Crippen molar-refractivity contribution in [2.75, 3.05) is 89.9 Å². The van der Waals surface area contributed by atoms with Crippen molar-refractivity contribution in [1.82, 2.24) is 0 Å². The molecule has 12 aliphatic heterocycles. The summed E-state index contributed by atoms with van der Waals surface area (Å²) in [6, 6.07) is 28.7. The maximum Gasteiger partial charge on any atom is 0.178 e. The predicted octanol–water partition coefficient (Wildman–Crippen LogP) is 14.3. The van der Waals surface area contributed by atoms with E-state index in [1.165, 1.54) is 0 Å². The van der Waals surface area contributed by atoms with Gasteiger partial charge in [-0.25, -0.2) is 0 Å². The van der Waals surface area contributed by atoms with Crippen LogP contribution in [-0.4, -0.2) is 188 Å². The first-order chi connectivity index (χ1) is 59.5. The second kappa shape index (κ2) is 32.5. The number of hydrogen-bond donors (Lipinski definition) is 3. The number of ether oxygens (including phenoxy) is 20. The lowest BCUT2D eigenvalue weighted by Crippen LogP contribution is -2.43. The Morgan fingerprint density at radius 3 is 0.758 bits per heavy atom. The number of ketones is 4. The van der Waals surface area contributed by atoms with E-state index in [9.17, 15) is 34.5 Å². The molecule has 0 amide bonds. The zero-order valence-electron chi connectivity index (χ0n) is 72.8. The van der Waals surface area contributed by atoms with E-state index >= 15 is 0 Å².